The minimum absolute atomic E-state index is 0.412. The molecule has 0 bridgehead atoms. The molecule has 0 spiro atoms. The van der Waals surface area contributed by atoms with Gasteiger partial charge in [0.15, 0.2) is 0 Å². The number of halogens is 1. The molecule has 84 valence electrons. The third-order valence-corrected chi connectivity index (χ3v) is 4.10. The summed E-state index contributed by atoms with van der Waals surface area (Å²) < 4.78 is 1.11. The zero-order valence-corrected chi connectivity index (χ0v) is 11.4. The Kier molecular flexibility index (Phi) is 3.79. The van der Waals surface area contributed by atoms with Gasteiger partial charge in [0.05, 0.1) is 9.89 Å². The molecule has 0 radical (unpaired) electrons. The van der Waals surface area contributed by atoms with Crippen LogP contribution in [-0.2, 0) is 6.42 Å². The van der Waals surface area contributed by atoms with Crippen molar-refractivity contribution in [2.45, 2.75) is 19.4 Å². The van der Waals surface area contributed by atoms with Crippen molar-refractivity contribution in [2.24, 2.45) is 0 Å². The zero-order chi connectivity index (χ0) is 11.5. The van der Waals surface area contributed by atoms with E-state index in [9.17, 15) is 5.11 Å². The lowest BCUT2D eigenvalue weighted by Crippen LogP contribution is -2.00. The molecule has 2 rings (SSSR count). The molecule has 0 saturated heterocycles. The lowest BCUT2D eigenvalue weighted by atomic mass is 10.0. The van der Waals surface area contributed by atoms with Crippen LogP contribution in [0.2, 0.25) is 0 Å². The number of aliphatic hydroxyl groups excluding tert-OH is 1. The first-order valence-electron chi connectivity index (χ1n) is 5.14. The molecule has 1 heterocycles. The summed E-state index contributed by atoms with van der Waals surface area (Å²) in [4.78, 5) is 1.20. The highest BCUT2D eigenvalue weighted by Gasteiger charge is 2.09. The number of hydrogen-bond acceptors (Lipinski definition) is 2. The number of hydrogen-bond donors (Lipinski definition) is 1. The van der Waals surface area contributed by atoms with Crippen LogP contribution in [-0.4, -0.2) is 5.11 Å². The minimum Gasteiger partial charge on any atom is -0.388 e. The molecule has 2 aromatic rings. The number of thiophene rings is 1. The van der Waals surface area contributed by atoms with E-state index in [1.807, 2.05) is 43.3 Å². The normalized spacial score (nSPS) is 12.7. The Morgan fingerprint density at radius 2 is 2.12 bits per heavy atom. The molecule has 1 aromatic heterocycles. The SMILES string of the molecule is Cc1cccc(C(O)Cc2ccc(Br)s2)c1. The second-order valence-electron chi connectivity index (χ2n) is 3.84. The van der Waals surface area contributed by atoms with E-state index in [4.69, 9.17) is 0 Å². The van der Waals surface area contributed by atoms with Crippen molar-refractivity contribution in [1.82, 2.24) is 0 Å². The molecular weight excluding hydrogens is 284 g/mol. The van der Waals surface area contributed by atoms with Crippen LogP contribution in [0, 0.1) is 6.92 Å². The van der Waals surface area contributed by atoms with E-state index in [0.717, 1.165) is 9.35 Å². The van der Waals surface area contributed by atoms with Gasteiger partial charge in [0, 0.05) is 11.3 Å². The molecule has 0 aliphatic heterocycles. The van der Waals surface area contributed by atoms with Gasteiger partial charge in [-0.15, -0.1) is 11.3 Å². The summed E-state index contributed by atoms with van der Waals surface area (Å²) in [6.07, 6.45) is 0.269. The summed E-state index contributed by atoms with van der Waals surface area (Å²) in [5, 5.41) is 10.1. The number of aliphatic hydroxyl groups is 1. The van der Waals surface area contributed by atoms with E-state index in [0.29, 0.717) is 6.42 Å². The average Bonchev–Trinajstić information content (AvgIpc) is 2.64. The fourth-order valence-electron chi connectivity index (χ4n) is 1.65. The maximum atomic E-state index is 10.1. The molecule has 16 heavy (non-hydrogen) atoms. The Bertz CT molecular complexity index is 478. The molecular formula is C13H13BrOS. The molecule has 1 N–H and O–H groups in total. The van der Waals surface area contributed by atoms with Gasteiger partial charge in [-0.3, -0.25) is 0 Å². The van der Waals surface area contributed by atoms with Gasteiger partial charge in [0.2, 0.25) is 0 Å². The van der Waals surface area contributed by atoms with Crippen molar-refractivity contribution < 1.29 is 5.11 Å². The van der Waals surface area contributed by atoms with E-state index in [2.05, 4.69) is 15.9 Å². The predicted octanol–water partition coefficient (Wildman–Crippen LogP) is 4.10. The quantitative estimate of drug-likeness (QED) is 0.904. The summed E-state index contributed by atoms with van der Waals surface area (Å²) >= 11 is 5.10. The third-order valence-electron chi connectivity index (χ3n) is 2.45. The highest BCUT2D eigenvalue weighted by Crippen LogP contribution is 2.27. The topological polar surface area (TPSA) is 20.2 Å². The van der Waals surface area contributed by atoms with Crippen molar-refractivity contribution in [2.75, 3.05) is 0 Å². The third kappa shape index (κ3) is 2.94. The van der Waals surface area contributed by atoms with Gasteiger partial charge in [-0.2, -0.15) is 0 Å². The highest BCUT2D eigenvalue weighted by atomic mass is 79.9. The van der Waals surface area contributed by atoms with Crippen LogP contribution in [0.25, 0.3) is 0 Å². The molecule has 0 saturated carbocycles. The molecule has 1 nitrogen and oxygen atoms in total. The van der Waals surface area contributed by atoms with E-state index < -0.39 is 6.10 Å². The Hall–Kier alpha value is -0.640. The first-order chi connectivity index (χ1) is 7.65. The molecule has 1 aromatic carbocycles. The van der Waals surface area contributed by atoms with Gasteiger partial charge < -0.3 is 5.11 Å². The molecule has 1 atom stereocenters. The van der Waals surface area contributed by atoms with E-state index >= 15 is 0 Å². The van der Waals surface area contributed by atoms with Crippen molar-refractivity contribution in [3.05, 3.63) is 56.2 Å². The lowest BCUT2D eigenvalue weighted by Gasteiger charge is -2.10. The maximum absolute atomic E-state index is 10.1. The van der Waals surface area contributed by atoms with Crippen molar-refractivity contribution in [3.8, 4) is 0 Å². The van der Waals surface area contributed by atoms with Gasteiger partial charge in [0.1, 0.15) is 0 Å². The number of benzene rings is 1. The highest BCUT2D eigenvalue weighted by molar-refractivity contribution is 9.11. The smallest absolute Gasteiger partial charge is 0.0838 e. The van der Waals surface area contributed by atoms with Crippen LogP contribution in [0.15, 0.2) is 40.2 Å². The van der Waals surface area contributed by atoms with E-state index in [1.165, 1.54) is 10.4 Å². The van der Waals surface area contributed by atoms with Crippen LogP contribution >= 0.6 is 27.3 Å². The molecule has 1 unspecified atom stereocenters. The predicted molar refractivity (Wildman–Crippen MR) is 71.9 cm³/mol. The van der Waals surface area contributed by atoms with Crippen LogP contribution < -0.4 is 0 Å². The Balaban J connectivity index is 2.11. The Morgan fingerprint density at radius 3 is 2.75 bits per heavy atom. The molecule has 0 aliphatic rings. The fourth-order valence-corrected chi connectivity index (χ4v) is 3.17. The zero-order valence-electron chi connectivity index (χ0n) is 8.98. The number of aryl methyl sites for hydroxylation is 1. The molecule has 3 heteroatoms. The first-order valence-corrected chi connectivity index (χ1v) is 6.75. The second kappa shape index (κ2) is 5.13. The second-order valence-corrected chi connectivity index (χ2v) is 6.39. The molecule has 0 aliphatic carbocycles. The van der Waals surface area contributed by atoms with Crippen molar-refractivity contribution in [1.29, 1.82) is 0 Å². The standard InChI is InChI=1S/C13H13BrOS/c1-9-3-2-4-10(7-9)12(15)8-11-5-6-13(14)16-11/h2-7,12,15H,8H2,1H3. The summed E-state index contributed by atoms with van der Waals surface area (Å²) in [5.41, 5.74) is 2.17. The van der Waals surface area contributed by atoms with Crippen LogP contribution in [0.5, 0.6) is 0 Å². The average molecular weight is 297 g/mol. The van der Waals surface area contributed by atoms with Gasteiger partial charge in [-0.25, -0.2) is 0 Å². The Morgan fingerprint density at radius 1 is 1.31 bits per heavy atom. The summed E-state index contributed by atoms with van der Waals surface area (Å²) in [6.45, 7) is 2.04. The lowest BCUT2D eigenvalue weighted by molar-refractivity contribution is 0.179. The van der Waals surface area contributed by atoms with Gasteiger partial charge in [0.25, 0.3) is 0 Å². The number of rotatable bonds is 3. The van der Waals surface area contributed by atoms with E-state index in [1.54, 1.807) is 11.3 Å². The molecule has 0 amide bonds. The van der Waals surface area contributed by atoms with Crippen LogP contribution in [0.4, 0.5) is 0 Å². The largest absolute Gasteiger partial charge is 0.388 e. The summed E-state index contributed by atoms with van der Waals surface area (Å²) in [5.74, 6) is 0. The van der Waals surface area contributed by atoms with Crippen molar-refractivity contribution >= 4 is 27.3 Å². The monoisotopic (exact) mass is 296 g/mol. The van der Waals surface area contributed by atoms with Crippen molar-refractivity contribution in [3.63, 3.8) is 0 Å². The van der Waals surface area contributed by atoms with Gasteiger partial charge >= 0.3 is 0 Å². The van der Waals surface area contributed by atoms with Crippen LogP contribution in [0.1, 0.15) is 22.1 Å². The molecule has 0 fully saturated rings. The summed E-state index contributed by atoms with van der Waals surface area (Å²) in [6, 6.07) is 12.1. The van der Waals surface area contributed by atoms with E-state index in [-0.39, 0.29) is 0 Å². The first kappa shape index (κ1) is 11.8. The maximum Gasteiger partial charge on any atom is 0.0838 e. The fraction of sp³-hybridized carbons (Fsp3) is 0.231. The van der Waals surface area contributed by atoms with Gasteiger partial charge in [-0.1, -0.05) is 29.8 Å². The Labute approximate surface area is 108 Å². The summed E-state index contributed by atoms with van der Waals surface area (Å²) in [7, 11) is 0. The minimum atomic E-state index is -0.412. The van der Waals surface area contributed by atoms with Gasteiger partial charge in [-0.05, 0) is 40.5 Å². The van der Waals surface area contributed by atoms with Crippen LogP contribution in [0.3, 0.4) is 0 Å².